The molecule has 1 fully saturated rings. The van der Waals surface area contributed by atoms with Crippen molar-refractivity contribution in [2.75, 3.05) is 5.32 Å². The fourth-order valence-corrected chi connectivity index (χ4v) is 4.24. The summed E-state index contributed by atoms with van der Waals surface area (Å²) in [7, 11) is 0. The van der Waals surface area contributed by atoms with E-state index in [2.05, 4.69) is 41.4 Å². The predicted octanol–water partition coefficient (Wildman–Crippen LogP) is 8.26. The number of rotatable bonds is 12. The Morgan fingerprint density at radius 3 is 2.56 bits per heavy atom. The van der Waals surface area contributed by atoms with Crippen molar-refractivity contribution in [1.29, 1.82) is 5.41 Å². The molecule has 3 aromatic rings. The van der Waals surface area contributed by atoms with Crippen molar-refractivity contribution in [2.24, 2.45) is 5.92 Å². The monoisotopic (exact) mass is 518 g/mol. The minimum atomic E-state index is -0.255. The summed E-state index contributed by atoms with van der Waals surface area (Å²) in [6.07, 6.45) is 12.3. The average molecular weight is 519 g/mol. The number of allylic oxidation sites excluding steroid dienone is 6. The minimum absolute atomic E-state index is 0.255. The second-order valence-electron chi connectivity index (χ2n) is 9.94. The lowest BCUT2D eigenvalue weighted by Gasteiger charge is -2.15. The Balaban J connectivity index is 1.43. The summed E-state index contributed by atoms with van der Waals surface area (Å²) in [5, 5.41) is 15.5. The first kappa shape index (κ1) is 27.5. The van der Waals surface area contributed by atoms with Crippen LogP contribution in [0.2, 0.25) is 0 Å². The van der Waals surface area contributed by atoms with Crippen molar-refractivity contribution in [1.82, 2.24) is 10.3 Å². The Kier molecular flexibility index (Phi) is 8.72. The maximum atomic E-state index is 13.5. The van der Waals surface area contributed by atoms with Crippen LogP contribution >= 0.6 is 0 Å². The van der Waals surface area contributed by atoms with Crippen LogP contribution in [0, 0.1) is 24.1 Å². The molecular formula is C34H35FN4. The van der Waals surface area contributed by atoms with Gasteiger partial charge in [-0.15, -0.1) is 0 Å². The molecule has 1 heterocycles. The number of halogens is 1. The quantitative estimate of drug-likeness (QED) is 0.167. The van der Waals surface area contributed by atoms with Crippen LogP contribution < -0.4 is 10.6 Å². The SMILES string of the molecule is C=C(/C=C\C(=C/C)NC(=C)C(=N)c1cc(-c2cncc(NC(=C)C3CC3)c2)ccc1C)Cc1cccc(F)c1. The number of anilines is 1. The summed E-state index contributed by atoms with van der Waals surface area (Å²) in [6, 6.07) is 14.7. The molecule has 1 aliphatic rings. The number of aryl methyl sites for hydroxylation is 1. The van der Waals surface area contributed by atoms with E-state index in [9.17, 15) is 4.39 Å². The van der Waals surface area contributed by atoms with Crippen molar-refractivity contribution in [2.45, 2.75) is 33.1 Å². The summed E-state index contributed by atoms with van der Waals surface area (Å²) >= 11 is 0. The van der Waals surface area contributed by atoms with E-state index >= 15 is 0 Å². The van der Waals surface area contributed by atoms with E-state index in [4.69, 9.17) is 5.41 Å². The van der Waals surface area contributed by atoms with Crippen molar-refractivity contribution >= 4 is 11.4 Å². The molecule has 4 rings (SSSR count). The van der Waals surface area contributed by atoms with Gasteiger partial charge in [0.2, 0.25) is 0 Å². The predicted molar refractivity (Wildman–Crippen MR) is 161 cm³/mol. The number of pyridine rings is 1. The van der Waals surface area contributed by atoms with Gasteiger partial charge in [-0.05, 0) is 86.1 Å². The molecule has 2 aromatic carbocycles. The van der Waals surface area contributed by atoms with Crippen LogP contribution in [0.3, 0.4) is 0 Å². The molecular weight excluding hydrogens is 483 g/mol. The standard InChI is InChI=1S/C34H35FN4/c1-6-31(15-10-22(2)16-26-8-7-9-30(35)17-26)39-25(5)34(36)33-19-28(12-11-23(33)3)29-18-32(21-37-20-29)38-24(4)27-13-14-27/h6-12,15,17-21,27,36,38-39H,2,4-5,13-14,16H2,1,3H3/b15-10-,31-6+,36-34?. The van der Waals surface area contributed by atoms with Gasteiger partial charge >= 0.3 is 0 Å². The molecule has 3 N–H and O–H groups in total. The van der Waals surface area contributed by atoms with Crippen LogP contribution in [0.25, 0.3) is 11.1 Å². The van der Waals surface area contributed by atoms with E-state index in [1.54, 1.807) is 12.3 Å². The van der Waals surface area contributed by atoms with Crippen LogP contribution in [-0.4, -0.2) is 10.7 Å². The smallest absolute Gasteiger partial charge is 0.123 e. The number of hydrogen-bond acceptors (Lipinski definition) is 4. The Hall–Kier alpha value is -4.51. The van der Waals surface area contributed by atoms with E-state index in [1.807, 2.05) is 62.5 Å². The summed E-state index contributed by atoms with van der Waals surface area (Å²) in [6.45, 7) is 16.3. The second-order valence-corrected chi connectivity index (χ2v) is 9.94. The van der Waals surface area contributed by atoms with Crippen LogP contribution in [0.4, 0.5) is 10.1 Å². The summed E-state index contributed by atoms with van der Waals surface area (Å²) < 4.78 is 13.5. The van der Waals surface area contributed by atoms with Gasteiger partial charge in [0, 0.05) is 28.7 Å². The van der Waals surface area contributed by atoms with Gasteiger partial charge in [-0.25, -0.2) is 4.39 Å². The molecule has 0 saturated heterocycles. The molecule has 198 valence electrons. The highest BCUT2D eigenvalue weighted by molar-refractivity contribution is 6.11. The normalized spacial score (nSPS) is 13.3. The van der Waals surface area contributed by atoms with Crippen LogP contribution in [0.5, 0.6) is 0 Å². The summed E-state index contributed by atoms with van der Waals surface area (Å²) in [5.74, 6) is 0.302. The van der Waals surface area contributed by atoms with E-state index in [1.165, 1.54) is 25.0 Å². The van der Waals surface area contributed by atoms with Gasteiger partial charge < -0.3 is 10.6 Å². The first-order chi connectivity index (χ1) is 18.7. The lowest BCUT2D eigenvalue weighted by molar-refractivity contribution is 0.626. The summed E-state index contributed by atoms with van der Waals surface area (Å²) in [4.78, 5) is 4.41. The highest BCUT2D eigenvalue weighted by Crippen LogP contribution is 2.36. The zero-order valence-corrected chi connectivity index (χ0v) is 22.7. The number of nitrogens with one attached hydrogen (secondary N) is 3. The first-order valence-corrected chi connectivity index (χ1v) is 13.1. The van der Waals surface area contributed by atoms with Crippen molar-refractivity contribution in [3.63, 3.8) is 0 Å². The highest BCUT2D eigenvalue weighted by atomic mass is 19.1. The van der Waals surface area contributed by atoms with E-state index in [0.717, 1.165) is 50.5 Å². The largest absolute Gasteiger partial charge is 0.358 e. The van der Waals surface area contributed by atoms with Gasteiger partial charge in [-0.2, -0.15) is 0 Å². The molecule has 0 atom stereocenters. The Labute approximate surface area is 230 Å². The Morgan fingerprint density at radius 2 is 1.85 bits per heavy atom. The third-order valence-electron chi connectivity index (χ3n) is 6.68. The van der Waals surface area contributed by atoms with E-state index in [0.29, 0.717) is 23.7 Å². The number of benzene rings is 2. The van der Waals surface area contributed by atoms with E-state index in [-0.39, 0.29) is 5.82 Å². The highest BCUT2D eigenvalue weighted by Gasteiger charge is 2.24. The number of hydrogen-bond donors (Lipinski definition) is 3. The third-order valence-corrected chi connectivity index (χ3v) is 6.68. The van der Waals surface area contributed by atoms with Gasteiger partial charge in [0.1, 0.15) is 5.82 Å². The zero-order chi connectivity index (χ0) is 27.9. The topological polar surface area (TPSA) is 60.8 Å². The first-order valence-electron chi connectivity index (χ1n) is 13.1. The number of aromatic nitrogens is 1. The molecule has 0 unspecified atom stereocenters. The second kappa shape index (κ2) is 12.4. The van der Waals surface area contributed by atoms with Gasteiger partial charge in [0.25, 0.3) is 0 Å². The molecule has 0 amide bonds. The minimum Gasteiger partial charge on any atom is -0.358 e. The molecule has 4 nitrogen and oxygen atoms in total. The average Bonchev–Trinajstić information content (AvgIpc) is 3.77. The van der Waals surface area contributed by atoms with Crippen LogP contribution in [0.15, 0.2) is 122 Å². The molecule has 0 radical (unpaired) electrons. The Bertz CT molecular complexity index is 1490. The zero-order valence-electron chi connectivity index (χ0n) is 22.7. The van der Waals surface area contributed by atoms with E-state index < -0.39 is 0 Å². The number of nitrogens with zero attached hydrogens (tertiary/aromatic N) is 1. The lowest BCUT2D eigenvalue weighted by atomic mass is 9.96. The van der Waals surface area contributed by atoms with Crippen LogP contribution in [-0.2, 0) is 6.42 Å². The molecule has 0 bridgehead atoms. The maximum Gasteiger partial charge on any atom is 0.123 e. The molecule has 1 aliphatic carbocycles. The van der Waals surface area contributed by atoms with Gasteiger partial charge in [-0.1, -0.05) is 61.7 Å². The molecule has 5 heteroatoms. The van der Waals surface area contributed by atoms with Gasteiger partial charge in [0.15, 0.2) is 0 Å². The van der Waals surface area contributed by atoms with Crippen molar-refractivity contribution in [3.05, 3.63) is 144 Å². The maximum absolute atomic E-state index is 13.5. The molecule has 0 spiro atoms. The lowest BCUT2D eigenvalue weighted by Crippen LogP contribution is -2.19. The molecule has 1 aromatic heterocycles. The third kappa shape index (κ3) is 7.51. The van der Waals surface area contributed by atoms with Crippen molar-refractivity contribution in [3.8, 4) is 11.1 Å². The van der Waals surface area contributed by atoms with Gasteiger partial charge in [0.05, 0.1) is 23.3 Å². The summed E-state index contributed by atoms with van der Waals surface area (Å²) in [5.41, 5.74) is 8.96. The fraction of sp³-hybridized carbons (Fsp3) is 0.176. The molecule has 39 heavy (non-hydrogen) atoms. The van der Waals surface area contributed by atoms with Gasteiger partial charge in [-0.3, -0.25) is 10.4 Å². The molecule has 0 aliphatic heterocycles. The van der Waals surface area contributed by atoms with Crippen LogP contribution in [0.1, 0.15) is 36.5 Å². The fourth-order valence-electron chi connectivity index (χ4n) is 4.24. The Morgan fingerprint density at radius 1 is 1.05 bits per heavy atom. The van der Waals surface area contributed by atoms with Crippen molar-refractivity contribution < 1.29 is 4.39 Å². The molecule has 1 saturated carbocycles.